The van der Waals surface area contributed by atoms with Gasteiger partial charge in [0.15, 0.2) is 11.7 Å². The number of nitriles is 1. The highest BCUT2D eigenvalue weighted by molar-refractivity contribution is 6.12. The van der Waals surface area contributed by atoms with Gasteiger partial charge in [-0.25, -0.2) is 0 Å². The summed E-state index contributed by atoms with van der Waals surface area (Å²) in [6, 6.07) is 12.4. The Morgan fingerprint density at radius 1 is 1.27 bits per heavy atom. The molecular weight excluding hydrogens is 280 g/mol. The van der Waals surface area contributed by atoms with Crippen molar-refractivity contribution in [1.82, 2.24) is 5.32 Å². The van der Waals surface area contributed by atoms with Crippen LogP contribution in [0.4, 0.5) is 0 Å². The second-order valence-corrected chi connectivity index (χ2v) is 4.82. The Morgan fingerprint density at radius 3 is 2.55 bits per heavy atom. The van der Waals surface area contributed by atoms with Gasteiger partial charge in [-0.3, -0.25) is 9.59 Å². The van der Waals surface area contributed by atoms with E-state index in [0.717, 1.165) is 5.56 Å². The van der Waals surface area contributed by atoms with Crippen molar-refractivity contribution in [2.75, 3.05) is 0 Å². The molecule has 0 fully saturated rings. The van der Waals surface area contributed by atoms with Crippen LogP contribution in [-0.4, -0.2) is 11.7 Å². The third-order valence-corrected chi connectivity index (χ3v) is 3.39. The molecule has 2 rings (SSSR count). The topological polar surface area (TPSA) is 83.1 Å². The lowest BCUT2D eigenvalue weighted by Gasteiger charge is -2.18. The molecule has 5 heteroatoms. The highest BCUT2D eigenvalue weighted by Gasteiger charge is 2.29. The Kier molecular flexibility index (Phi) is 5.10. The van der Waals surface area contributed by atoms with Crippen molar-refractivity contribution in [3.63, 3.8) is 0 Å². The molecule has 22 heavy (non-hydrogen) atoms. The fourth-order valence-electron chi connectivity index (χ4n) is 2.17. The molecule has 2 atom stereocenters. The molecule has 0 radical (unpaired) electrons. The van der Waals surface area contributed by atoms with E-state index in [9.17, 15) is 9.59 Å². The van der Waals surface area contributed by atoms with Gasteiger partial charge in [-0.15, -0.1) is 0 Å². The summed E-state index contributed by atoms with van der Waals surface area (Å²) in [5, 5.41) is 11.9. The monoisotopic (exact) mass is 296 g/mol. The SMILES string of the molecule is CC[C@H](NC(=O)[C@H](C#N)C(=O)c1ccoc1)c1ccccc1. The number of furan rings is 1. The standard InChI is InChI=1S/C17H16N2O3/c1-2-15(12-6-4-3-5-7-12)19-17(21)14(10-18)16(20)13-8-9-22-11-13/h3-9,11,14-15H,2H2,1H3,(H,19,21)/t14-,15+/m1/s1. The molecule has 0 saturated carbocycles. The summed E-state index contributed by atoms with van der Waals surface area (Å²) in [6.07, 6.45) is 3.22. The molecule has 0 saturated heterocycles. The number of benzene rings is 1. The average Bonchev–Trinajstić information content (AvgIpc) is 3.08. The predicted octanol–water partition coefficient (Wildman–Crippen LogP) is 2.87. The third-order valence-electron chi connectivity index (χ3n) is 3.39. The molecule has 112 valence electrons. The molecule has 0 aliphatic rings. The molecule has 1 amide bonds. The summed E-state index contributed by atoms with van der Waals surface area (Å²) >= 11 is 0. The van der Waals surface area contributed by atoms with E-state index in [-0.39, 0.29) is 11.6 Å². The number of rotatable bonds is 6. The number of Topliss-reactive ketones (excluding diaryl/α,β-unsaturated/α-hetero) is 1. The molecule has 0 spiro atoms. The summed E-state index contributed by atoms with van der Waals surface area (Å²) in [6.45, 7) is 1.93. The molecule has 0 aliphatic carbocycles. The lowest BCUT2D eigenvalue weighted by Crippen LogP contribution is -2.36. The lowest BCUT2D eigenvalue weighted by molar-refractivity contribution is -0.123. The second-order valence-electron chi connectivity index (χ2n) is 4.82. The highest BCUT2D eigenvalue weighted by Crippen LogP contribution is 2.18. The van der Waals surface area contributed by atoms with Crippen LogP contribution < -0.4 is 5.32 Å². The van der Waals surface area contributed by atoms with Gasteiger partial charge in [-0.05, 0) is 18.1 Å². The molecule has 0 bridgehead atoms. The van der Waals surface area contributed by atoms with Crippen LogP contribution in [0.1, 0.15) is 35.3 Å². The maximum Gasteiger partial charge on any atom is 0.245 e. The van der Waals surface area contributed by atoms with Crippen molar-refractivity contribution in [2.24, 2.45) is 5.92 Å². The fourth-order valence-corrected chi connectivity index (χ4v) is 2.17. The Bertz CT molecular complexity index is 672. The van der Waals surface area contributed by atoms with Gasteiger partial charge >= 0.3 is 0 Å². The molecule has 5 nitrogen and oxygen atoms in total. The van der Waals surface area contributed by atoms with Crippen LogP contribution in [0.25, 0.3) is 0 Å². The van der Waals surface area contributed by atoms with Gasteiger partial charge in [0.2, 0.25) is 5.91 Å². The van der Waals surface area contributed by atoms with E-state index in [2.05, 4.69) is 5.32 Å². The van der Waals surface area contributed by atoms with Crippen LogP contribution in [0.2, 0.25) is 0 Å². The Balaban J connectivity index is 2.12. The number of carbonyl (C=O) groups excluding carboxylic acids is 2. The van der Waals surface area contributed by atoms with Gasteiger partial charge < -0.3 is 9.73 Å². The Labute approximate surface area is 128 Å². The number of nitrogens with zero attached hydrogens (tertiary/aromatic N) is 1. The van der Waals surface area contributed by atoms with E-state index in [4.69, 9.17) is 9.68 Å². The van der Waals surface area contributed by atoms with Crippen LogP contribution in [0.5, 0.6) is 0 Å². The minimum absolute atomic E-state index is 0.217. The lowest BCUT2D eigenvalue weighted by atomic mass is 9.98. The van der Waals surface area contributed by atoms with Crippen molar-refractivity contribution in [3.8, 4) is 6.07 Å². The van der Waals surface area contributed by atoms with Gasteiger partial charge in [-0.1, -0.05) is 37.3 Å². The van der Waals surface area contributed by atoms with Gasteiger partial charge in [0.05, 0.1) is 23.9 Å². The largest absolute Gasteiger partial charge is 0.472 e. The van der Waals surface area contributed by atoms with E-state index in [1.165, 1.54) is 18.6 Å². The number of amides is 1. The number of hydrogen-bond donors (Lipinski definition) is 1. The zero-order valence-electron chi connectivity index (χ0n) is 12.2. The first kappa shape index (κ1) is 15.5. The molecule has 1 heterocycles. The maximum atomic E-state index is 12.3. The van der Waals surface area contributed by atoms with E-state index in [1.807, 2.05) is 37.3 Å². The normalized spacial score (nSPS) is 12.9. The molecule has 0 aliphatic heterocycles. The van der Waals surface area contributed by atoms with E-state index in [0.29, 0.717) is 6.42 Å². The van der Waals surface area contributed by atoms with E-state index < -0.39 is 17.6 Å². The van der Waals surface area contributed by atoms with Crippen molar-refractivity contribution in [1.29, 1.82) is 5.26 Å². The molecule has 0 unspecified atom stereocenters. The van der Waals surface area contributed by atoms with Crippen LogP contribution in [0.3, 0.4) is 0 Å². The first-order valence-electron chi connectivity index (χ1n) is 6.98. The summed E-state index contributed by atoms with van der Waals surface area (Å²) in [5.41, 5.74) is 1.15. The third kappa shape index (κ3) is 3.41. The first-order valence-corrected chi connectivity index (χ1v) is 6.98. The van der Waals surface area contributed by atoms with Gasteiger partial charge in [0, 0.05) is 0 Å². The van der Waals surface area contributed by atoms with E-state index >= 15 is 0 Å². The Hall–Kier alpha value is -2.87. The molecule has 2 aromatic rings. The molecule has 1 aromatic heterocycles. The molecule has 1 N–H and O–H groups in total. The average molecular weight is 296 g/mol. The van der Waals surface area contributed by atoms with Crippen LogP contribution in [0, 0.1) is 17.2 Å². The Morgan fingerprint density at radius 2 is 2.00 bits per heavy atom. The van der Waals surface area contributed by atoms with Crippen LogP contribution >= 0.6 is 0 Å². The number of hydrogen-bond acceptors (Lipinski definition) is 4. The van der Waals surface area contributed by atoms with Crippen molar-refractivity contribution < 1.29 is 14.0 Å². The summed E-state index contributed by atoms with van der Waals surface area (Å²) in [5.74, 6) is -2.53. The van der Waals surface area contributed by atoms with Crippen LogP contribution in [0.15, 0.2) is 53.3 Å². The zero-order chi connectivity index (χ0) is 15.9. The maximum absolute atomic E-state index is 12.3. The first-order chi connectivity index (χ1) is 10.7. The fraction of sp³-hybridized carbons (Fsp3) is 0.235. The smallest absolute Gasteiger partial charge is 0.245 e. The van der Waals surface area contributed by atoms with Gasteiger partial charge in [0.25, 0.3) is 0 Å². The molecule has 1 aromatic carbocycles. The van der Waals surface area contributed by atoms with Gasteiger partial charge in [-0.2, -0.15) is 5.26 Å². The predicted molar refractivity (Wildman–Crippen MR) is 79.8 cm³/mol. The van der Waals surface area contributed by atoms with Crippen LogP contribution in [-0.2, 0) is 4.79 Å². The van der Waals surface area contributed by atoms with Crippen molar-refractivity contribution >= 4 is 11.7 Å². The summed E-state index contributed by atoms with van der Waals surface area (Å²) < 4.78 is 4.82. The summed E-state index contributed by atoms with van der Waals surface area (Å²) in [7, 11) is 0. The van der Waals surface area contributed by atoms with Gasteiger partial charge in [0.1, 0.15) is 6.26 Å². The van der Waals surface area contributed by atoms with E-state index in [1.54, 1.807) is 6.07 Å². The minimum Gasteiger partial charge on any atom is -0.472 e. The zero-order valence-corrected chi connectivity index (χ0v) is 12.2. The number of carbonyl (C=O) groups is 2. The number of ketones is 1. The van der Waals surface area contributed by atoms with Crippen molar-refractivity contribution in [2.45, 2.75) is 19.4 Å². The minimum atomic E-state index is -1.38. The van der Waals surface area contributed by atoms with Crippen molar-refractivity contribution in [3.05, 3.63) is 60.1 Å². The summed E-state index contributed by atoms with van der Waals surface area (Å²) in [4.78, 5) is 24.4. The number of nitrogens with one attached hydrogen (secondary N) is 1. The quantitative estimate of drug-likeness (QED) is 0.656. The second kappa shape index (κ2) is 7.23. The molecular formula is C17H16N2O3. The highest BCUT2D eigenvalue weighted by atomic mass is 16.3.